The Hall–Kier alpha value is -2.16. The number of ether oxygens (including phenoxy) is 1. The minimum absolute atomic E-state index is 0.411. The van der Waals surface area contributed by atoms with E-state index in [1.807, 2.05) is 49.4 Å². The Morgan fingerprint density at radius 1 is 1.00 bits per heavy atom. The molecule has 80 valence electrons. The maximum Gasteiger partial charge on any atom is 0.129 e. The zero-order valence-corrected chi connectivity index (χ0v) is 8.88. The van der Waals surface area contributed by atoms with Gasteiger partial charge in [0.05, 0.1) is 0 Å². The van der Waals surface area contributed by atoms with E-state index in [0.717, 1.165) is 11.3 Å². The van der Waals surface area contributed by atoms with Crippen LogP contribution in [0.2, 0.25) is 0 Å². The highest BCUT2D eigenvalue weighted by atomic mass is 16.5. The van der Waals surface area contributed by atoms with Gasteiger partial charge in [-0.1, -0.05) is 24.3 Å². The number of benzene rings is 2. The monoisotopic (exact) mass is 213 g/mol. The summed E-state index contributed by atoms with van der Waals surface area (Å²) < 4.78 is 5.58. The molecule has 0 unspecified atom stereocenters. The summed E-state index contributed by atoms with van der Waals surface area (Å²) in [5.41, 5.74) is 1.25. The Balaban J connectivity index is 2.26. The highest BCUT2D eigenvalue weighted by molar-refractivity contribution is 5.50. The van der Waals surface area contributed by atoms with Crippen LogP contribution in [0.25, 0.3) is 0 Å². The number of aryl methyl sites for hydroxylation is 1. The molecule has 0 aliphatic carbocycles. The molecule has 3 heteroatoms. The van der Waals surface area contributed by atoms with Crippen molar-refractivity contribution in [3.8, 4) is 11.5 Å². The van der Waals surface area contributed by atoms with Crippen LogP contribution in [-0.2, 0) is 0 Å². The SMILES string of the molecule is Cc1ccc(Oc2ccccc2)cc1N=O. The summed E-state index contributed by atoms with van der Waals surface area (Å²) in [6, 6.07) is 14.7. The van der Waals surface area contributed by atoms with Gasteiger partial charge < -0.3 is 4.74 Å². The van der Waals surface area contributed by atoms with E-state index in [4.69, 9.17) is 4.74 Å². The van der Waals surface area contributed by atoms with E-state index in [1.54, 1.807) is 6.07 Å². The van der Waals surface area contributed by atoms with Crippen molar-refractivity contribution in [1.29, 1.82) is 0 Å². The zero-order chi connectivity index (χ0) is 11.4. The van der Waals surface area contributed by atoms with Crippen molar-refractivity contribution in [3.05, 3.63) is 59.0 Å². The van der Waals surface area contributed by atoms with Gasteiger partial charge >= 0.3 is 0 Å². The van der Waals surface area contributed by atoms with E-state index in [1.165, 1.54) is 0 Å². The van der Waals surface area contributed by atoms with Crippen molar-refractivity contribution in [2.45, 2.75) is 6.92 Å². The lowest BCUT2D eigenvalue weighted by Gasteiger charge is -2.06. The normalized spacial score (nSPS) is 9.81. The molecule has 3 nitrogen and oxygen atoms in total. The Kier molecular flexibility index (Phi) is 2.96. The summed E-state index contributed by atoms with van der Waals surface area (Å²) >= 11 is 0. The number of para-hydroxylation sites is 1. The van der Waals surface area contributed by atoms with Gasteiger partial charge in [-0.3, -0.25) is 0 Å². The molecule has 0 spiro atoms. The molecular weight excluding hydrogens is 202 g/mol. The van der Waals surface area contributed by atoms with Gasteiger partial charge in [0.25, 0.3) is 0 Å². The third kappa shape index (κ3) is 2.25. The number of hydrogen-bond donors (Lipinski definition) is 0. The van der Waals surface area contributed by atoms with Gasteiger partial charge in [-0.25, -0.2) is 0 Å². The van der Waals surface area contributed by atoms with Crippen LogP contribution in [0.3, 0.4) is 0 Å². The lowest BCUT2D eigenvalue weighted by atomic mass is 10.2. The molecule has 0 saturated carbocycles. The van der Waals surface area contributed by atoms with Gasteiger partial charge in [0.1, 0.15) is 17.2 Å². The van der Waals surface area contributed by atoms with Gasteiger partial charge in [0, 0.05) is 6.07 Å². The van der Waals surface area contributed by atoms with Crippen LogP contribution in [0.5, 0.6) is 11.5 Å². The predicted octanol–water partition coefficient (Wildman–Crippen LogP) is 4.19. The summed E-state index contributed by atoms with van der Waals surface area (Å²) in [5.74, 6) is 1.36. The zero-order valence-electron chi connectivity index (χ0n) is 8.88. The number of nitrogens with zero attached hydrogens (tertiary/aromatic N) is 1. The molecule has 0 radical (unpaired) electrons. The van der Waals surface area contributed by atoms with Crippen LogP contribution in [0.1, 0.15) is 5.56 Å². The summed E-state index contributed by atoms with van der Waals surface area (Å²) in [6.07, 6.45) is 0. The molecule has 0 heterocycles. The molecule has 0 amide bonds. The molecule has 0 aromatic heterocycles. The van der Waals surface area contributed by atoms with E-state index >= 15 is 0 Å². The minimum Gasteiger partial charge on any atom is -0.457 e. The Morgan fingerprint density at radius 2 is 1.75 bits per heavy atom. The molecule has 0 N–H and O–H groups in total. The van der Waals surface area contributed by atoms with Crippen molar-refractivity contribution in [3.63, 3.8) is 0 Å². The van der Waals surface area contributed by atoms with Gasteiger partial charge in [-0.15, -0.1) is 4.91 Å². The van der Waals surface area contributed by atoms with Crippen LogP contribution in [0.15, 0.2) is 53.7 Å². The number of nitroso groups, excluding NO2 is 1. The summed E-state index contributed by atoms with van der Waals surface area (Å²) in [7, 11) is 0. The molecule has 0 aliphatic heterocycles. The fraction of sp³-hybridized carbons (Fsp3) is 0.0769. The van der Waals surface area contributed by atoms with Crippen LogP contribution in [0.4, 0.5) is 5.69 Å². The van der Waals surface area contributed by atoms with E-state index < -0.39 is 0 Å². The van der Waals surface area contributed by atoms with Crippen molar-refractivity contribution < 1.29 is 4.74 Å². The maximum atomic E-state index is 10.5. The second-order valence-corrected chi connectivity index (χ2v) is 3.45. The summed E-state index contributed by atoms with van der Waals surface area (Å²) in [4.78, 5) is 10.5. The molecule has 16 heavy (non-hydrogen) atoms. The average molecular weight is 213 g/mol. The highest BCUT2D eigenvalue weighted by Crippen LogP contribution is 2.27. The van der Waals surface area contributed by atoms with Crippen LogP contribution in [-0.4, -0.2) is 0 Å². The molecule has 0 saturated heterocycles. The van der Waals surface area contributed by atoms with Crippen LogP contribution < -0.4 is 4.74 Å². The molecule has 2 aromatic carbocycles. The Bertz CT molecular complexity index is 495. The van der Waals surface area contributed by atoms with Crippen molar-refractivity contribution in [2.75, 3.05) is 0 Å². The molecule has 0 fully saturated rings. The first-order chi connectivity index (χ1) is 7.79. The molecular formula is C13H11NO2. The summed E-state index contributed by atoms with van der Waals surface area (Å²) in [5, 5.41) is 2.94. The second-order valence-electron chi connectivity index (χ2n) is 3.45. The average Bonchev–Trinajstić information content (AvgIpc) is 2.33. The maximum absolute atomic E-state index is 10.5. The van der Waals surface area contributed by atoms with Crippen molar-refractivity contribution in [2.24, 2.45) is 5.18 Å². The molecule has 2 aromatic rings. The fourth-order valence-corrected chi connectivity index (χ4v) is 1.38. The quantitative estimate of drug-likeness (QED) is 0.717. The Labute approximate surface area is 93.7 Å². The van der Waals surface area contributed by atoms with Gasteiger partial charge in [0.2, 0.25) is 0 Å². The first-order valence-corrected chi connectivity index (χ1v) is 4.96. The molecule has 0 bridgehead atoms. The minimum atomic E-state index is 0.411. The topological polar surface area (TPSA) is 38.7 Å². The summed E-state index contributed by atoms with van der Waals surface area (Å²) in [6.45, 7) is 1.84. The van der Waals surface area contributed by atoms with Gasteiger partial charge in [-0.05, 0) is 35.9 Å². The molecule has 0 aliphatic rings. The molecule has 2 rings (SSSR count). The lowest BCUT2D eigenvalue weighted by molar-refractivity contribution is 0.483. The van der Waals surface area contributed by atoms with Gasteiger partial charge in [0.15, 0.2) is 0 Å². The van der Waals surface area contributed by atoms with Crippen LogP contribution in [0, 0.1) is 11.8 Å². The second kappa shape index (κ2) is 4.57. The standard InChI is InChI=1S/C13H11NO2/c1-10-7-8-12(9-13(10)14-15)16-11-5-3-2-4-6-11/h2-9H,1H3. The number of hydrogen-bond acceptors (Lipinski definition) is 3. The predicted molar refractivity (Wildman–Crippen MR) is 63.2 cm³/mol. The van der Waals surface area contributed by atoms with E-state index in [-0.39, 0.29) is 0 Å². The van der Waals surface area contributed by atoms with E-state index in [0.29, 0.717) is 11.4 Å². The molecule has 0 atom stereocenters. The third-order valence-electron chi connectivity index (χ3n) is 2.26. The van der Waals surface area contributed by atoms with Crippen molar-refractivity contribution >= 4 is 5.69 Å². The third-order valence-corrected chi connectivity index (χ3v) is 2.26. The first-order valence-electron chi connectivity index (χ1n) is 4.96. The first kappa shape index (κ1) is 10.4. The van der Waals surface area contributed by atoms with Crippen LogP contribution >= 0.6 is 0 Å². The fourth-order valence-electron chi connectivity index (χ4n) is 1.38. The van der Waals surface area contributed by atoms with E-state index in [9.17, 15) is 4.91 Å². The van der Waals surface area contributed by atoms with E-state index in [2.05, 4.69) is 5.18 Å². The highest BCUT2D eigenvalue weighted by Gasteiger charge is 2.02. The van der Waals surface area contributed by atoms with Gasteiger partial charge in [-0.2, -0.15) is 0 Å². The lowest BCUT2D eigenvalue weighted by Crippen LogP contribution is -1.84. The Morgan fingerprint density at radius 3 is 2.44 bits per heavy atom. The largest absolute Gasteiger partial charge is 0.457 e. The smallest absolute Gasteiger partial charge is 0.129 e. The van der Waals surface area contributed by atoms with Crippen molar-refractivity contribution in [1.82, 2.24) is 0 Å². The number of rotatable bonds is 3.